The number of nitro groups is 1. The zero-order chi connectivity index (χ0) is 11.5. The van der Waals surface area contributed by atoms with E-state index in [-0.39, 0.29) is 18.1 Å². The van der Waals surface area contributed by atoms with Crippen molar-refractivity contribution in [3.8, 4) is 0 Å². The fourth-order valence-corrected chi connectivity index (χ4v) is 1.85. The molecule has 7 heteroatoms. The molecular formula is C10H15ClN4O2. The zero-order valence-corrected chi connectivity index (χ0v) is 10.3. The summed E-state index contributed by atoms with van der Waals surface area (Å²) in [7, 11) is 1.96. The molecule has 1 N–H and O–H groups in total. The molecule has 1 aliphatic rings. The number of nitrogens with one attached hydrogen (secondary N) is 1. The van der Waals surface area contributed by atoms with Crippen LogP contribution in [0.3, 0.4) is 0 Å². The first-order valence-corrected chi connectivity index (χ1v) is 5.22. The lowest BCUT2D eigenvalue weighted by Crippen LogP contribution is -2.33. The van der Waals surface area contributed by atoms with Gasteiger partial charge in [0.15, 0.2) is 0 Å². The molecule has 0 bridgehead atoms. The van der Waals surface area contributed by atoms with Gasteiger partial charge in [0.2, 0.25) is 0 Å². The van der Waals surface area contributed by atoms with Gasteiger partial charge in [-0.2, -0.15) is 0 Å². The summed E-state index contributed by atoms with van der Waals surface area (Å²) in [6, 6.07) is 3.60. The van der Waals surface area contributed by atoms with Crippen molar-refractivity contribution >= 4 is 23.9 Å². The van der Waals surface area contributed by atoms with E-state index in [4.69, 9.17) is 0 Å². The highest BCUT2D eigenvalue weighted by Crippen LogP contribution is 2.18. The second kappa shape index (κ2) is 5.79. The lowest BCUT2D eigenvalue weighted by Gasteiger charge is -2.24. The molecule has 0 spiro atoms. The third-order valence-corrected chi connectivity index (χ3v) is 2.89. The Morgan fingerprint density at radius 2 is 2.35 bits per heavy atom. The molecule has 1 unspecified atom stereocenters. The van der Waals surface area contributed by atoms with Gasteiger partial charge in [-0.1, -0.05) is 0 Å². The van der Waals surface area contributed by atoms with Crippen molar-refractivity contribution in [2.24, 2.45) is 0 Å². The lowest BCUT2D eigenvalue weighted by molar-refractivity contribution is -0.385. The molecule has 1 fully saturated rings. The van der Waals surface area contributed by atoms with Gasteiger partial charge < -0.3 is 10.2 Å². The maximum atomic E-state index is 10.5. The fraction of sp³-hybridized carbons (Fsp3) is 0.500. The van der Waals surface area contributed by atoms with Crippen LogP contribution in [-0.2, 0) is 0 Å². The van der Waals surface area contributed by atoms with Gasteiger partial charge in [0.1, 0.15) is 12.0 Å². The Morgan fingerprint density at radius 1 is 1.59 bits per heavy atom. The van der Waals surface area contributed by atoms with E-state index >= 15 is 0 Å². The second-order valence-corrected chi connectivity index (χ2v) is 3.89. The van der Waals surface area contributed by atoms with Gasteiger partial charge in [-0.15, -0.1) is 12.4 Å². The number of rotatable bonds is 3. The molecule has 0 aromatic carbocycles. The van der Waals surface area contributed by atoms with Crippen LogP contribution in [0.4, 0.5) is 11.5 Å². The van der Waals surface area contributed by atoms with Crippen molar-refractivity contribution in [1.82, 2.24) is 10.3 Å². The number of likely N-dealkylation sites (N-methyl/N-ethyl adjacent to an activating group) is 1. The predicted molar refractivity (Wildman–Crippen MR) is 67.8 cm³/mol. The molecule has 0 amide bonds. The van der Waals surface area contributed by atoms with Crippen LogP contribution in [0.2, 0.25) is 0 Å². The molecule has 0 saturated carbocycles. The molecular weight excluding hydrogens is 244 g/mol. The molecule has 94 valence electrons. The van der Waals surface area contributed by atoms with Crippen LogP contribution in [0.5, 0.6) is 0 Å². The van der Waals surface area contributed by atoms with Gasteiger partial charge in [0.25, 0.3) is 5.69 Å². The Kier molecular flexibility index (Phi) is 4.65. The number of pyridine rings is 1. The van der Waals surface area contributed by atoms with Gasteiger partial charge in [-0.3, -0.25) is 10.1 Å². The van der Waals surface area contributed by atoms with Gasteiger partial charge in [-0.25, -0.2) is 4.98 Å². The quantitative estimate of drug-likeness (QED) is 0.652. The summed E-state index contributed by atoms with van der Waals surface area (Å²) in [4.78, 5) is 16.2. The third-order valence-electron chi connectivity index (χ3n) is 2.89. The summed E-state index contributed by atoms with van der Waals surface area (Å²) in [5.41, 5.74) is 0.0293. The van der Waals surface area contributed by atoms with Gasteiger partial charge in [-0.05, 0) is 19.0 Å². The maximum absolute atomic E-state index is 10.5. The summed E-state index contributed by atoms with van der Waals surface area (Å²) < 4.78 is 0. The maximum Gasteiger partial charge on any atom is 0.287 e. The van der Waals surface area contributed by atoms with E-state index < -0.39 is 4.92 Å². The molecule has 2 heterocycles. The number of nitrogens with zero attached hydrogens (tertiary/aromatic N) is 3. The summed E-state index contributed by atoms with van der Waals surface area (Å²) in [5, 5.41) is 13.8. The van der Waals surface area contributed by atoms with Crippen molar-refractivity contribution in [3.63, 3.8) is 0 Å². The SMILES string of the molecule is CN(c1ccc([N+](=O)[O-])cn1)C1CCNC1.Cl. The topological polar surface area (TPSA) is 71.3 Å². The standard InChI is InChI=1S/C10H14N4O2.ClH/c1-13(8-4-5-11-6-8)10-3-2-9(7-12-10)14(15)16;/h2-3,7-8,11H,4-6H2,1H3;1H. The second-order valence-electron chi connectivity index (χ2n) is 3.89. The van der Waals surface area contributed by atoms with Crippen molar-refractivity contribution in [3.05, 3.63) is 28.4 Å². The molecule has 1 aliphatic heterocycles. The lowest BCUT2D eigenvalue weighted by atomic mass is 10.2. The predicted octanol–water partition coefficient (Wildman–Crippen LogP) is 1.21. The summed E-state index contributed by atoms with van der Waals surface area (Å²) in [6.07, 6.45) is 2.38. The van der Waals surface area contributed by atoms with Crippen molar-refractivity contribution < 1.29 is 4.92 Å². The Balaban J connectivity index is 0.00000144. The van der Waals surface area contributed by atoms with E-state index in [0.717, 1.165) is 25.3 Å². The average Bonchev–Trinajstić information content (AvgIpc) is 2.81. The van der Waals surface area contributed by atoms with Crippen LogP contribution >= 0.6 is 12.4 Å². The molecule has 0 aliphatic carbocycles. The number of hydrogen-bond donors (Lipinski definition) is 1. The first-order chi connectivity index (χ1) is 7.68. The molecule has 2 rings (SSSR count). The first-order valence-electron chi connectivity index (χ1n) is 5.22. The molecule has 17 heavy (non-hydrogen) atoms. The average molecular weight is 259 g/mol. The molecule has 1 atom stereocenters. The minimum absolute atomic E-state index is 0. The van der Waals surface area contributed by atoms with Gasteiger partial charge in [0.05, 0.1) is 4.92 Å². The zero-order valence-electron chi connectivity index (χ0n) is 9.50. The Hall–Kier alpha value is -1.40. The van der Waals surface area contributed by atoms with E-state index in [1.54, 1.807) is 6.07 Å². The fourth-order valence-electron chi connectivity index (χ4n) is 1.85. The Bertz CT molecular complexity index is 378. The molecule has 0 radical (unpaired) electrons. The summed E-state index contributed by atoms with van der Waals surface area (Å²) in [5.74, 6) is 0.777. The van der Waals surface area contributed by atoms with Crippen LogP contribution in [0, 0.1) is 10.1 Å². The highest BCUT2D eigenvalue weighted by Gasteiger charge is 2.20. The largest absolute Gasteiger partial charge is 0.355 e. The van der Waals surface area contributed by atoms with Crippen LogP contribution in [0.15, 0.2) is 18.3 Å². The van der Waals surface area contributed by atoms with E-state index in [2.05, 4.69) is 15.2 Å². The highest BCUT2D eigenvalue weighted by molar-refractivity contribution is 5.85. The van der Waals surface area contributed by atoms with E-state index in [9.17, 15) is 10.1 Å². The first kappa shape index (κ1) is 13.7. The number of anilines is 1. The normalized spacial score (nSPS) is 18.5. The third kappa shape index (κ3) is 3.04. The summed E-state index contributed by atoms with van der Waals surface area (Å²) >= 11 is 0. The Morgan fingerprint density at radius 3 is 2.82 bits per heavy atom. The van der Waals surface area contributed by atoms with Crippen LogP contribution in [0.25, 0.3) is 0 Å². The monoisotopic (exact) mass is 258 g/mol. The molecule has 1 aromatic heterocycles. The smallest absolute Gasteiger partial charge is 0.287 e. The van der Waals surface area contributed by atoms with Crippen LogP contribution < -0.4 is 10.2 Å². The van der Waals surface area contributed by atoms with Crippen molar-refractivity contribution in [2.75, 3.05) is 25.0 Å². The number of aromatic nitrogens is 1. The van der Waals surface area contributed by atoms with Crippen molar-refractivity contribution in [2.45, 2.75) is 12.5 Å². The Labute approximate surface area is 106 Å². The van der Waals surface area contributed by atoms with E-state index in [1.807, 2.05) is 7.05 Å². The van der Waals surface area contributed by atoms with Crippen LogP contribution in [-0.4, -0.2) is 36.1 Å². The highest BCUT2D eigenvalue weighted by atomic mass is 35.5. The minimum Gasteiger partial charge on any atom is -0.355 e. The van der Waals surface area contributed by atoms with E-state index in [1.165, 1.54) is 12.3 Å². The van der Waals surface area contributed by atoms with Crippen LogP contribution in [0.1, 0.15) is 6.42 Å². The summed E-state index contributed by atoms with van der Waals surface area (Å²) in [6.45, 7) is 1.96. The van der Waals surface area contributed by atoms with E-state index in [0.29, 0.717) is 6.04 Å². The van der Waals surface area contributed by atoms with Gasteiger partial charge in [0, 0.05) is 25.7 Å². The molecule has 1 aromatic rings. The molecule has 6 nitrogen and oxygen atoms in total. The van der Waals surface area contributed by atoms with Crippen molar-refractivity contribution in [1.29, 1.82) is 0 Å². The minimum atomic E-state index is -0.437. The number of hydrogen-bond acceptors (Lipinski definition) is 5. The van der Waals surface area contributed by atoms with Gasteiger partial charge >= 0.3 is 0 Å². The molecule has 1 saturated heterocycles. The number of halogens is 1.